The Labute approximate surface area is 143 Å². The molecule has 1 fully saturated rings. The maximum Gasteiger partial charge on any atom is 0.272 e. The Kier molecular flexibility index (Phi) is 5.16. The summed E-state index contributed by atoms with van der Waals surface area (Å²) in [6.45, 7) is 3.99. The first-order chi connectivity index (χ1) is 11.6. The lowest BCUT2D eigenvalue weighted by atomic mass is 10.1. The Bertz CT molecular complexity index is 765. The molecule has 3 rings (SSSR count). The second-order valence-corrected chi connectivity index (χ2v) is 8.18. The van der Waals surface area contributed by atoms with Gasteiger partial charge in [-0.25, -0.2) is 13.4 Å². The standard InChI is InChI=1S/C18H23N3O2S/c1-15-5-7-16(8-6-15)13-19-18-10-9-17(14-20-18)24(22,23)21-11-3-2-4-12-21/h5-10,14H,2-4,11-13H2,1H3,(H,19,20)/p+1. The van der Waals surface area contributed by atoms with Gasteiger partial charge in [-0.05, 0) is 31.4 Å². The van der Waals surface area contributed by atoms with Crippen LogP contribution in [0.4, 0.5) is 5.82 Å². The summed E-state index contributed by atoms with van der Waals surface area (Å²) in [5.74, 6) is 0.799. The van der Waals surface area contributed by atoms with Crippen molar-refractivity contribution in [2.24, 2.45) is 0 Å². The van der Waals surface area contributed by atoms with Crippen LogP contribution in [0.3, 0.4) is 0 Å². The highest BCUT2D eigenvalue weighted by atomic mass is 32.2. The summed E-state index contributed by atoms with van der Waals surface area (Å²) in [5, 5.41) is 3.27. The monoisotopic (exact) mass is 346 g/mol. The van der Waals surface area contributed by atoms with Crippen LogP contribution in [0.1, 0.15) is 30.4 Å². The predicted molar refractivity (Wildman–Crippen MR) is 94.1 cm³/mol. The van der Waals surface area contributed by atoms with Gasteiger partial charge in [-0.3, -0.25) is 5.32 Å². The van der Waals surface area contributed by atoms with Gasteiger partial charge in [0.2, 0.25) is 10.0 Å². The molecule has 0 unspecified atom stereocenters. The zero-order chi connectivity index (χ0) is 17.0. The predicted octanol–water partition coefficient (Wildman–Crippen LogP) is 2.60. The van der Waals surface area contributed by atoms with Gasteiger partial charge in [0, 0.05) is 19.2 Å². The average Bonchev–Trinajstić information content (AvgIpc) is 2.62. The van der Waals surface area contributed by atoms with Crippen molar-refractivity contribution in [2.75, 3.05) is 18.4 Å². The molecule has 1 saturated heterocycles. The summed E-state index contributed by atoms with van der Waals surface area (Å²) in [6.07, 6.45) is 4.57. The lowest BCUT2D eigenvalue weighted by molar-refractivity contribution is -0.364. The summed E-state index contributed by atoms with van der Waals surface area (Å²) in [4.78, 5) is 3.37. The maximum absolute atomic E-state index is 12.6. The minimum Gasteiger partial charge on any atom is -0.270 e. The number of hydrogen-bond acceptors (Lipinski definition) is 3. The van der Waals surface area contributed by atoms with Crippen LogP contribution in [0.25, 0.3) is 0 Å². The van der Waals surface area contributed by atoms with Crippen molar-refractivity contribution in [2.45, 2.75) is 37.6 Å². The number of H-pyrrole nitrogens is 1. The van der Waals surface area contributed by atoms with Crippen LogP contribution >= 0.6 is 0 Å². The summed E-state index contributed by atoms with van der Waals surface area (Å²) in [5.41, 5.74) is 2.41. The normalized spacial score (nSPS) is 16.0. The first-order valence-corrected chi connectivity index (χ1v) is 9.81. The Morgan fingerprint density at radius 3 is 2.38 bits per heavy atom. The van der Waals surface area contributed by atoms with Gasteiger partial charge in [-0.15, -0.1) is 0 Å². The molecule has 0 radical (unpaired) electrons. The maximum atomic E-state index is 12.6. The van der Waals surface area contributed by atoms with Crippen LogP contribution in [0.2, 0.25) is 0 Å². The average molecular weight is 346 g/mol. The fourth-order valence-corrected chi connectivity index (χ4v) is 4.32. The minimum atomic E-state index is -3.38. The Balaban J connectivity index is 1.65. The number of benzene rings is 1. The molecule has 0 atom stereocenters. The quantitative estimate of drug-likeness (QED) is 0.905. The first kappa shape index (κ1) is 16.9. The number of aromatic nitrogens is 1. The second-order valence-electron chi connectivity index (χ2n) is 6.24. The van der Waals surface area contributed by atoms with Crippen molar-refractivity contribution >= 4 is 15.8 Å². The molecular weight excluding hydrogens is 322 g/mol. The van der Waals surface area contributed by atoms with E-state index in [0.29, 0.717) is 24.5 Å². The first-order valence-electron chi connectivity index (χ1n) is 8.37. The van der Waals surface area contributed by atoms with Gasteiger partial charge in [0.15, 0.2) is 0 Å². The van der Waals surface area contributed by atoms with E-state index in [-0.39, 0.29) is 0 Å². The van der Waals surface area contributed by atoms with Crippen LogP contribution in [0.15, 0.2) is 47.5 Å². The topological polar surface area (TPSA) is 63.6 Å². The van der Waals surface area contributed by atoms with Gasteiger partial charge in [-0.2, -0.15) is 4.31 Å². The Hall–Kier alpha value is -1.92. The molecule has 1 aromatic heterocycles. The molecule has 1 aliphatic rings. The molecule has 1 aromatic carbocycles. The van der Waals surface area contributed by atoms with E-state index in [1.807, 2.05) is 0 Å². The van der Waals surface area contributed by atoms with Crippen LogP contribution < -0.4 is 10.3 Å². The third-order valence-electron chi connectivity index (χ3n) is 4.34. The number of pyridine rings is 1. The van der Waals surface area contributed by atoms with E-state index < -0.39 is 10.0 Å². The van der Waals surface area contributed by atoms with E-state index in [0.717, 1.165) is 25.1 Å². The Morgan fingerprint density at radius 2 is 1.75 bits per heavy atom. The fraction of sp³-hybridized carbons (Fsp3) is 0.389. The van der Waals surface area contributed by atoms with E-state index in [9.17, 15) is 8.42 Å². The lowest BCUT2D eigenvalue weighted by Crippen LogP contribution is -2.36. The van der Waals surface area contributed by atoms with Crippen LogP contribution in [0.5, 0.6) is 0 Å². The molecule has 2 N–H and O–H groups in total. The number of hydrogen-bond donors (Lipinski definition) is 1. The van der Waals surface area contributed by atoms with Crippen molar-refractivity contribution < 1.29 is 13.4 Å². The molecule has 128 valence electrons. The molecule has 0 spiro atoms. The van der Waals surface area contributed by atoms with Gasteiger partial charge >= 0.3 is 0 Å². The zero-order valence-electron chi connectivity index (χ0n) is 14.0. The summed E-state index contributed by atoms with van der Waals surface area (Å²) >= 11 is 0. The van der Waals surface area contributed by atoms with Crippen LogP contribution in [-0.2, 0) is 16.6 Å². The number of sulfonamides is 1. The molecule has 0 amide bonds. The van der Waals surface area contributed by atoms with E-state index >= 15 is 0 Å². The highest BCUT2D eigenvalue weighted by Gasteiger charge is 2.26. The smallest absolute Gasteiger partial charge is 0.270 e. The number of piperidine rings is 1. The van der Waals surface area contributed by atoms with E-state index in [1.54, 1.807) is 22.6 Å². The number of aryl methyl sites for hydroxylation is 1. The molecular formula is C18H24N3O2S+. The number of nitrogens with one attached hydrogen (secondary N) is 2. The molecule has 1 aliphatic heterocycles. The largest absolute Gasteiger partial charge is 0.272 e. The van der Waals surface area contributed by atoms with Gasteiger partial charge in [-0.1, -0.05) is 36.2 Å². The lowest BCUT2D eigenvalue weighted by Gasteiger charge is -2.25. The van der Waals surface area contributed by atoms with Crippen molar-refractivity contribution in [3.05, 3.63) is 53.7 Å². The number of rotatable bonds is 5. The van der Waals surface area contributed by atoms with E-state index in [4.69, 9.17) is 0 Å². The van der Waals surface area contributed by atoms with Gasteiger partial charge < -0.3 is 0 Å². The van der Waals surface area contributed by atoms with Gasteiger partial charge in [0.05, 0.1) is 0 Å². The summed E-state index contributed by atoms with van der Waals surface area (Å²) < 4.78 is 26.8. The number of nitrogens with zero attached hydrogens (tertiary/aromatic N) is 1. The molecule has 5 nitrogen and oxygen atoms in total. The Morgan fingerprint density at radius 1 is 1.04 bits per heavy atom. The minimum absolute atomic E-state index is 0.324. The SMILES string of the molecule is Cc1ccc(CNc2ccc(S(=O)(=O)N3CCCCC3)c[nH+]2)cc1. The highest BCUT2D eigenvalue weighted by molar-refractivity contribution is 7.89. The van der Waals surface area contributed by atoms with Crippen molar-refractivity contribution in [1.29, 1.82) is 0 Å². The van der Waals surface area contributed by atoms with Crippen molar-refractivity contribution in [3.63, 3.8) is 0 Å². The summed E-state index contributed by atoms with van der Waals surface area (Å²) in [7, 11) is -3.38. The van der Waals surface area contributed by atoms with Crippen molar-refractivity contribution in [1.82, 2.24) is 4.31 Å². The van der Waals surface area contributed by atoms with Crippen LogP contribution in [-0.4, -0.2) is 25.8 Å². The summed E-state index contributed by atoms with van der Waals surface area (Å²) in [6, 6.07) is 11.8. The number of anilines is 1. The van der Waals surface area contributed by atoms with Crippen molar-refractivity contribution in [3.8, 4) is 0 Å². The van der Waals surface area contributed by atoms with E-state index in [1.165, 1.54) is 11.1 Å². The molecule has 0 saturated carbocycles. The molecule has 24 heavy (non-hydrogen) atoms. The molecule has 2 heterocycles. The fourth-order valence-electron chi connectivity index (χ4n) is 2.84. The molecule has 6 heteroatoms. The third kappa shape index (κ3) is 3.94. The van der Waals surface area contributed by atoms with E-state index in [2.05, 4.69) is 41.5 Å². The third-order valence-corrected chi connectivity index (χ3v) is 6.24. The highest BCUT2D eigenvalue weighted by Crippen LogP contribution is 2.19. The molecule has 0 aliphatic carbocycles. The van der Waals surface area contributed by atoms with Crippen LogP contribution in [0, 0.1) is 6.92 Å². The second kappa shape index (κ2) is 7.32. The zero-order valence-corrected chi connectivity index (χ0v) is 14.8. The van der Waals surface area contributed by atoms with Gasteiger partial charge in [0.25, 0.3) is 5.82 Å². The molecule has 0 bridgehead atoms. The van der Waals surface area contributed by atoms with Gasteiger partial charge in [0.1, 0.15) is 17.6 Å². The molecule has 2 aromatic rings. The number of aromatic amines is 1.